The standard InChI is InChI=1S/C21H23F4N3O5S.C2H2.H2/c1-19(2,22)17-12-14(7-8-26-17)34(30,31)28-9-10-32-16-6-5-13(11-15(16)28)27-18(29)33-20(3,4)21(23,24)25;1-2;/h5-8,11-12H,9-10H2,1-4H3,(H,27,29);1-2H;1H. The number of amides is 1. The Balaban J connectivity index is 0.00000223. The van der Waals surface area contributed by atoms with Gasteiger partial charge in [0, 0.05) is 13.3 Å². The van der Waals surface area contributed by atoms with Crippen molar-refractivity contribution < 1.29 is 41.7 Å². The predicted octanol–water partition coefficient (Wildman–Crippen LogP) is 5.26. The minimum Gasteiger partial charge on any atom is -0.489 e. The van der Waals surface area contributed by atoms with Gasteiger partial charge in [0.15, 0.2) is 0 Å². The third kappa shape index (κ3) is 6.17. The van der Waals surface area contributed by atoms with Crippen LogP contribution >= 0.6 is 0 Å². The van der Waals surface area contributed by atoms with Crippen LogP contribution in [0.3, 0.4) is 0 Å². The summed E-state index contributed by atoms with van der Waals surface area (Å²) in [5.74, 6) is 0.171. The van der Waals surface area contributed by atoms with E-state index in [9.17, 15) is 30.8 Å². The molecule has 1 aromatic heterocycles. The second kappa shape index (κ2) is 10.2. The largest absolute Gasteiger partial charge is 0.489 e. The number of anilines is 2. The summed E-state index contributed by atoms with van der Waals surface area (Å²) in [6.07, 6.45) is 3.01. The molecule has 1 aliphatic rings. The summed E-state index contributed by atoms with van der Waals surface area (Å²) in [5.41, 5.74) is -4.68. The quantitative estimate of drug-likeness (QED) is 0.416. The first-order chi connectivity index (χ1) is 16.5. The lowest BCUT2D eigenvalue weighted by Crippen LogP contribution is -2.44. The minimum atomic E-state index is -4.80. The van der Waals surface area contributed by atoms with Crippen LogP contribution in [0.4, 0.5) is 33.7 Å². The number of carbonyl (C=O) groups is 1. The van der Waals surface area contributed by atoms with Gasteiger partial charge in [-0.2, -0.15) is 13.2 Å². The fourth-order valence-electron chi connectivity index (χ4n) is 2.98. The Morgan fingerprint density at radius 1 is 1.14 bits per heavy atom. The Morgan fingerprint density at radius 3 is 2.36 bits per heavy atom. The van der Waals surface area contributed by atoms with Crippen LogP contribution < -0.4 is 14.4 Å². The summed E-state index contributed by atoms with van der Waals surface area (Å²) < 4.78 is 90.9. The molecule has 36 heavy (non-hydrogen) atoms. The molecule has 3 rings (SSSR count). The number of aromatic nitrogens is 1. The highest BCUT2D eigenvalue weighted by atomic mass is 32.2. The highest BCUT2D eigenvalue weighted by molar-refractivity contribution is 7.92. The third-order valence-corrected chi connectivity index (χ3v) is 6.79. The van der Waals surface area contributed by atoms with Crippen molar-refractivity contribution in [3.63, 3.8) is 0 Å². The van der Waals surface area contributed by atoms with Gasteiger partial charge in [0.05, 0.1) is 22.8 Å². The van der Waals surface area contributed by atoms with Gasteiger partial charge in [-0.25, -0.2) is 17.6 Å². The molecule has 2 aromatic rings. The second-order valence-corrected chi connectivity index (χ2v) is 10.3. The van der Waals surface area contributed by atoms with Gasteiger partial charge in [-0.1, -0.05) is 0 Å². The molecule has 0 saturated heterocycles. The topological polar surface area (TPSA) is 97.8 Å². The number of carbonyl (C=O) groups excluding carboxylic acids is 1. The van der Waals surface area contributed by atoms with E-state index in [1.807, 2.05) is 0 Å². The maximum absolute atomic E-state index is 14.3. The number of nitrogens with zero attached hydrogens (tertiary/aromatic N) is 2. The van der Waals surface area contributed by atoms with E-state index in [1.165, 1.54) is 44.3 Å². The van der Waals surface area contributed by atoms with Gasteiger partial charge >= 0.3 is 12.3 Å². The molecule has 8 nitrogen and oxygen atoms in total. The number of ether oxygens (including phenoxy) is 2. The maximum Gasteiger partial charge on any atom is 0.427 e. The molecule has 0 saturated carbocycles. The average Bonchev–Trinajstić information content (AvgIpc) is 2.78. The van der Waals surface area contributed by atoms with Crippen molar-refractivity contribution in [3.05, 3.63) is 42.2 Å². The van der Waals surface area contributed by atoms with E-state index in [2.05, 4.69) is 27.9 Å². The molecular weight excluding hydrogens is 506 g/mol. The fraction of sp³-hybridized carbons (Fsp3) is 0.391. The van der Waals surface area contributed by atoms with Crippen LogP contribution in [0.25, 0.3) is 0 Å². The van der Waals surface area contributed by atoms with Gasteiger partial charge in [0.1, 0.15) is 18.0 Å². The Kier molecular flexibility index (Phi) is 8.15. The van der Waals surface area contributed by atoms with Crippen molar-refractivity contribution in [2.45, 2.75) is 50.0 Å². The van der Waals surface area contributed by atoms with E-state index in [-0.39, 0.29) is 42.3 Å². The molecule has 0 atom stereocenters. The number of benzene rings is 1. The number of hydrogen-bond donors (Lipinski definition) is 1. The average molecular weight is 534 g/mol. The summed E-state index contributed by atoms with van der Waals surface area (Å²) in [6.45, 7) is 3.81. The molecule has 0 bridgehead atoms. The van der Waals surface area contributed by atoms with Crippen molar-refractivity contribution in [3.8, 4) is 18.6 Å². The van der Waals surface area contributed by atoms with Crippen LogP contribution in [0.15, 0.2) is 41.4 Å². The van der Waals surface area contributed by atoms with Gasteiger partial charge in [-0.15, -0.1) is 12.8 Å². The number of terminal acetylenes is 1. The maximum atomic E-state index is 14.3. The monoisotopic (exact) mass is 533 g/mol. The molecule has 0 spiro atoms. The van der Waals surface area contributed by atoms with Crippen LogP contribution in [0.2, 0.25) is 0 Å². The number of halogens is 4. The number of rotatable bonds is 5. The molecule has 0 fully saturated rings. The van der Waals surface area contributed by atoms with Crippen LogP contribution in [0.5, 0.6) is 5.75 Å². The van der Waals surface area contributed by atoms with Crippen LogP contribution in [0, 0.1) is 12.8 Å². The van der Waals surface area contributed by atoms with Crippen LogP contribution in [0.1, 0.15) is 34.8 Å². The van der Waals surface area contributed by atoms with E-state index in [0.717, 1.165) is 10.4 Å². The van der Waals surface area contributed by atoms with E-state index in [0.29, 0.717) is 13.8 Å². The van der Waals surface area contributed by atoms with E-state index in [4.69, 9.17) is 4.74 Å². The number of hydrogen-bond acceptors (Lipinski definition) is 6. The van der Waals surface area contributed by atoms with Gasteiger partial charge in [0.2, 0.25) is 5.60 Å². The first-order valence-corrected chi connectivity index (χ1v) is 11.8. The SMILES string of the molecule is C#C.CC(C)(F)c1cc(S(=O)(=O)N2CCOc3ccc(NC(=O)OC(C)(C)C(F)(F)F)cc32)ccn1.[HH]. The molecule has 2 heterocycles. The lowest BCUT2D eigenvalue weighted by Gasteiger charge is -2.31. The van der Waals surface area contributed by atoms with Crippen molar-refractivity contribution >= 4 is 27.5 Å². The lowest BCUT2D eigenvalue weighted by molar-refractivity contribution is -0.242. The smallest absolute Gasteiger partial charge is 0.427 e. The summed E-state index contributed by atoms with van der Waals surface area (Å²) in [7, 11) is -4.20. The molecule has 13 heteroatoms. The van der Waals surface area contributed by atoms with Crippen molar-refractivity contribution in [2.24, 2.45) is 0 Å². The molecule has 1 amide bonds. The number of pyridine rings is 1. The number of nitrogens with one attached hydrogen (secondary N) is 1. The molecule has 1 aliphatic heterocycles. The van der Waals surface area contributed by atoms with Crippen LogP contribution in [-0.2, 0) is 20.4 Å². The van der Waals surface area contributed by atoms with Gasteiger partial charge in [0.25, 0.3) is 10.0 Å². The van der Waals surface area contributed by atoms with Crippen molar-refractivity contribution in [1.29, 1.82) is 0 Å². The van der Waals surface area contributed by atoms with E-state index >= 15 is 0 Å². The Labute approximate surface area is 208 Å². The van der Waals surface area contributed by atoms with E-state index in [1.54, 1.807) is 0 Å². The zero-order valence-electron chi connectivity index (χ0n) is 19.9. The second-order valence-electron chi connectivity index (χ2n) is 8.48. The minimum absolute atomic E-state index is 0. The fourth-order valence-corrected chi connectivity index (χ4v) is 4.44. The number of alkyl halides is 4. The first kappa shape index (κ1) is 28.7. The van der Waals surface area contributed by atoms with Crippen molar-refractivity contribution in [2.75, 3.05) is 22.8 Å². The summed E-state index contributed by atoms with van der Waals surface area (Å²) >= 11 is 0. The third-order valence-electron chi connectivity index (χ3n) is 4.98. The highest BCUT2D eigenvalue weighted by Crippen LogP contribution is 2.38. The Morgan fingerprint density at radius 2 is 1.78 bits per heavy atom. The molecule has 1 N–H and O–H groups in total. The number of fused-ring (bicyclic) bond motifs is 1. The molecule has 0 aliphatic carbocycles. The van der Waals surface area contributed by atoms with Gasteiger partial charge < -0.3 is 9.47 Å². The molecular formula is C23H27F4N3O5S. The normalized spacial score (nSPS) is 14.0. The predicted molar refractivity (Wildman–Crippen MR) is 127 cm³/mol. The molecule has 1 aromatic carbocycles. The molecule has 198 valence electrons. The van der Waals surface area contributed by atoms with Crippen LogP contribution in [-0.4, -0.2) is 44.4 Å². The lowest BCUT2D eigenvalue weighted by atomic mass is 10.1. The Hall–Kier alpha value is -3.53. The summed E-state index contributed by atoms with van der Waals surface area (Å²) in [6, 6.07) is 6.27. The van der Waals surface area contributed by atoms with Gasteiger partial charge in [-0.05, 0) is 58.0 Å². The highest BCUT2D eigenvalue weighted by Gasteiger charge is 2.51. The summed E-state index contributed by atoms with van der Waals surface area (Å²) in [5, 5.41) is 2.16. The summed E-state index contributed by atoms with van der Waals surface area (Å²) in [4.78, 5) is 15.7. The first-order valence-electron chi connectivity index (χ1n) is 10.4. The molecule has 0 radical (unpaired) electrons. The van der Waals surface area contributed by atoms with E-state index < -0.39 is 33.6 Å². The van der Waals surface area contributed by atoms with Crippen molar-refractivity contribution in [1.82, 2.24) is 4.98 Å². The zero-order chi connectivity index (χ0) is 27.5. The zero-order valence-corrected chi connectivity index (χ0v) is 20.7. The molecule has 0 unspecified atom stereocenters. The van der Waals surface area contributed by atoms with Gasteiger partial charge in [-0.3, -0.25) is 14.6 Å². The Bertz CT molecular complexity index is 1240. The number of sulfonamides is 1.